The second-order valence-corrected chi connectivity index (χ2v) is 9.11. The Hall–Kier alpha value is -3.43. The molecule has 3 amide bonds. The van der Waals surface area contributed by atoms with Crippen LogP contribution in [0.15, 0.2) is 48.5 Å². The van der Waals surface area contributed by atoms with E-state index in [9.17, 15) is 14.4 Å². The Morgan fingerprint density at radius 2 is 1.81 bits per heavy atom. The van der Waals surface area contributed by atoms with Gasteiger partial charge in [0.25, 0.3) is 11.8 Å². The van der Waals surface area contributed by atoms with Gasteiger partial charge in [-0.25, -0.2) is 0 Å². The van der Waals surface area contributed by atoms with Gasteiger partial charge in [-0.3, -0.25) is 14.4 Å². The van der Waals surface area contributed by atoms with Crippen LogP contribution in [0.4, 0.5) is 5.69 Å². The number of benzene rings is 2. The van der Waals surface area contributed by atoms with Crippen LogP contribution in [0.3, 0.4) is 0 Å². The van der Waals surface area contributed by atoms with Crippen LogP contribution in [-0.4, -0.2) is 87.2 Å². The Kier molecular flexibility index (Phi) is 9.44. The molecule has 0 spiro atoms. The third-order valence-electron chi connectivity index (χ3n) is 6.29. The maximum absolute atomic E-state index is 13.5. The van der Waals surface area contributed by atoms with Crippen LogP contribution < -0.4 is 10.1 Å². The molecule has 1 aliphatic heterocycles. The summed E-state index contributed by atoms with van der Waals surface area (Å²) in [4.78, 5) is 42.2. The van der Waals surface area contributed by atoms with Crippen molar-refractivity contribution in [1.29, 1.82) is 0 Å². The van der Waals surface area contributed by atoms with E-state index in [1.54, 1.807) is 54.3 Å². The standard InChI is InChI=1S/C27H35N3O6/c1-18-14-30(26(32)20-9-7-6-8-10-20)19(2)16-36-23-13-21(28-25(31)17-34-4)11-12-22(23)27(33)29(3)15-24(18)35-5/h6-13,18-19,24H,14-17H2,1-5H3,(H,28,31)/t18-,19+,24-/m0/s1. The van der Waals surface area contributed by atoms with Crippen LogP contribution in [0.1, 0.15) is 34.6 Å². The highest BCUT2D eigenvalue weighted by atomic mass is 16.5. The second kappa shape index (κ2) is 12.5. The normalized spacial score (nSPS) is 21.0. The van der Waals surface area contributed by atoms with Crippen LogP contribution in [0.25, 0.3) is 0 Å². The van der Waals surface area contributed by atoms with Crippen molar-refractivity contribution in [3.05, 3.63) is 59.7 Å². The molecule has 0 unspecified atom stereocenters. The van der Waals surface area contributed by atoms with Gasteiger partial charge < -0.3 is 29.3 Å². The zero-order valence-electron chi connectivity index (χ0n) is 21.5. The number of nitrogens with one attached hydrogen (secondary N) is 1. The van der Waals surface area contributed by atoms with E-state index in [0.29, 0.717) is 35.7 Å². The molecule has 0 saturated carbocycles. The van der Waals surface area contributed by atoms with E-state index in [0.717, 1.165) is 0 Å². The number of nitrogens with zero attached hydrogens (tertiary/aromatic N) is 2. The topological polar surface area (TPSA) is 97.4 Å². The molecule has 194 valence electrons. The first-order chi connectivity index (χ1) is 17.2. The van der Waals surface area contributed by atoms with E-state index in [4.69, 9.17) is 14.2 Å². The smallest absolute Gasteiger partial charge is 0.257 e. The summed E-state index contributed by atoms with van der Waals surface area (Å²) in [7, 11) is 4.76. The van der Waals surface area contributed by atoms with Gasteiger partial charge in [-0.1, -0.05) is 25.1 Å². The van der Waals surface area contributed by atoms with Crippen molar-refractivity contribution < 1.29 is 28.6 Å². The Labute approximate surface area is 212 Å². The summed E-state index contributed by atoms with van der Waals surface area (Å²) in [6.45, 7) is 4.76. The first-order valence-electron chi connectivity index (χ1n) is 11.9. The highest BCUT2D eigenvalue weighted by Crippen LogP contribution is 2.27. The van der Waals surface area contributed by atoms with Gasteiger partial charge in [-0.2, -0.15) is 0 Å². The van der Waals surface area contributed by atoms with Gasteiger partial charge in [0.2, 0.25) is 5.91 Å². The zero-order chi connectivity index (χ0) is 26.2. The SMILES string of the molecule is COCC(=O)Nc1ccc2c(c1)OC[C@@H](C)N(C(=O)c1ccccc1)C[C@H](C)[C@@H](OC)CN(C)C2=O. The van der Waals surface area contributed by atoms with Crippen molar-refractivity contribution in [3.63, 3.8) is 0 Å². The summed E-state index contributed by atoms with van der Waals surface area (Å²) in [5.74, 6) is -0.365. The van der Waals surface area contributed by atoms with Gasteiger partial charge >= 0.3 is 0 Å². The molecule has 2 aromatic carbocycles. The minimum atomic E-state index is -0.320. The predicted octanol–water partition coefficient (Wildman–Crippen LogP) is 2.92. The molecule has 0 aliphatic carbocycles. The quantitative estimate of drug-likeness (QED) is 0.682. The number of carbonyl (C=O) groups excluding carboxylic acids is 3. The maximum atomic E-state index is 13.5. The molecular formula is C27H35N3O6. The molecule has 0 bridgehead atoms. The average Bonchev–Trinajstić information content (AvgIpc) is 2.88. The van der Waals surface area contributed by atoms with Crippen LogP contribution in [0.2, 0.25) is 0 Å². The summed E-state index contributed by atoms with van der Waals surface area (Å²) in [5, 5.41) is 2.73. The van der Waals surface area contributed by atoms with E-state index >= 15 is 0 Å². The summed E-state index contributed by atoms with van der Waals surface area (Å²) in [5.41, 5.74) is 1.43. The van der Waals surface area contributed by atoms with E-state index in [2.05, 4.69) is 5.32 Å². The number of hydrogen-bond acceptors (Lipinski definition) is 6. The van der Waals surface area contributed by atoms with Gasteiger partial charge in [0.1, 0.15) is 19.0 Å². The van der Waals surface area contributed by atoms with Gasteiger partial charge in [-0.15, -0.1) is 0 Å². The Bertz CT molecular complexity index is 1060. The van der Waals surface area contributed by atoms with Crippen molar-refractivity contribution in [2.75, 3.05) is 52.9 Å². The van der Waals surface area contributed by atoms with E-state index in [1.165, 1.54) is 7.11 Å². The van der Waals surface area contributed by atoms with Crippen molar-refractivity contribution >= 4 is 23.4 Å². The number of anilines is 1. The van der Waals surface area contributed by atoms with Crippen LogP contribution in [-0.2, 0) is 14.3 Å². The van der Waals surface area contributed by atoms with Crippen molar-refractivity contribution in [2.24, 2.45) is 5.92 Å². The first-order valence-corrected chi connectivity index (χ1v) is 11.9. The van der Waals surface area contributed by atoms with Crippen LogP contribution >= 0.6 is 0 Å². The number of amides is 3. The molecule has 1 N–H and O–H groups in total. The lowest BCUT2D eigenvalue weighted by Crippen LogP contribution is -2.48. The molecule has 3 atom stereocenters. The minimum absolute atomic E-state index is 0.0439. The lowest BCUT2D eigenvalue weighted by atomic mass is 10.0. The second-order valence-electron chi connectivity index (χ2n) is 9.11. The molecular weight excluding hydrogens is 462 g/mol. The molecule has 36 heavy (non-hydrogen) atoms. The van der Waals surface area contributed by atoms with Gasteiger partial charge in [-0.05, 0) is 31.2 Å². The van der Waals surface area contributed by atoms with Gasteiger partial charge in [0.15, 0.2) is 0 Å². The summed E-state index contributed by atoms with van der Waals surface area (Å²) in [6.07, 6.45) is -0.284. The molecule has 2 aromatic rings. The number of ether oxygens (including phenoxy) is 3. The van der Waals surface area contributed by atoms with E-state index in [1.807, 2.05) is 32.0 Å². The molecule has 9 heteroatoms. The number of carbonyl (C=O) groups is 3. The van der Waals surface area contributed by atoms with E-state index < -0.39 is 0 Å². The Balaban J connectivity index is 1.97. The molecule has 0 aromatic heterocycles. The molecule has 1 heterocycles. The summed E-state index contributed by atoms with van der Waals surface area (Å²) in [6, 6.07) is 13.7. The fraction of sp³-hybridized carbons (Fsp3) is 0.444. The fourth-order valence-electron chi connectivity index (χ4n) is 4.21. The zero-order valence-corrected chi connectivity index (χ0v) is 21.5. The molecule has 1 aliphatic rings. The molecule has 0 saturated heterocycles. The lowest BCUT2D eigenvalue weighted by molar-refractivity contribution is -0.119. The number of hydrogen-bond donors (Lipinski definition) is 1. The molecule has 9 nitrogen and oxygen atoms in total. The number of methoxy groups -OCH3 is 2. The van der Waals surface area contributed by atoms with Crippen molar-refractivity contribution in [2.45, 2.75) is 26.0 Å². The average molecular weight is 498 g/mol. The van der Waals surface area contributed by atoms with Crippen LogP contribution in [0, 0.1) is 5.92 Å². The predicted molar refractivity (Wildman–Crippen MR) is 136 cm³/mol. The highest BCUT2D eigenvalue weighted by Gasteiger charge is 2.30. The third-order valence-corrected chi connectivity index (χ3v) is 6.29. The summed E-state index contributed by atoms with van der Waals surface area (Å²) >= 11 is 0. The number of likely N-dealkylation sites (N-methyl/N-ethyl adjacent to an activating group) is 1. The van der Waals surface area contributed by atoms with E-state index in [-0.39, 0.29) is 49.0 Å². The maximum Gasteiger partial charge on any atom is 0.257 e. The van der Waals surface area contributed by atoms with Crippen molar-refractivity contribution in [3.8, 4) is 5.75 Å². The van der Waals surface area contributed by atoms with Crippen LogP contribution in [0.5, 0.6) is 5.75 Å². The third kappa shape index (κ3) is 6.61. The largest absolute Gasteiger partial charge is 0.491 e. The monoisotopic (exact) mass is 497 g/mol. The number of fused-ring (bicyclic) bond motifs is 1. The molecule has 3 rings (SSSR count). The van der Waals surface area contributed by atoms with Gasteiger partial charge in [0, 0.05) is 57.6 Å². The van der Waals surface area contributed by atoms with Gasteiger partial charge in [0.05, 0.1) is 17.7 Å². The first kappa shape index (κ1) is 27.2. The minimum Gasteiger partial charge on any atom is -0.491 e. The number of rotatable bonds is 5. The lowest BCUT2D eigenvalue weighted by Gasteiger charge is -2.36. The Morgan fingerprint density at radius 3 is 2.47 bits per heavy atom. The summed E-state index contributed by atoms with van der Waals surface area (Å²) < 4.78 is 16.7. The highest BCUT2D eigenvalue weighted by molar-refractivity contribution is 5.98. The molecule has 0 radical (unpaired) electrons. The fourth-order valence-corrected chi connectivity index (χ4v) is 4.21. The molecule has 0 fully saturated rings. The Morgan fingerprint density at radius 1 is 1.08 bits per heavy atom. The van der Waals surface area contributed by atoms with Crippen molar-refractivity contribution in [1.82, 2.24) is 9.80 Å².